The Morgan fingerprint density at radius 1 is 1.44 bits per heavy atom. The van der Waals surface area contributed by atoms with Crippen molar-refractivity contribution in [2.45, 2.75) is 20.4 Å². The van der Waals surface area contributed by atoms with Gasteiger partial charge in [-0.1, -0.05) is 31.5 Å². The number of anilines is 2. The van der Waals surface area contributed by atoms with Crippen LogP contribution in [0.5, 0.6) is 0 Å². The van der Waals surface area contributed by atoms with E-state index in [0.717, 1.165) is 6.54 Å². The second kappa shape index (κ2) is 5.40. The van der Waals surface area contributed by atoms with Crippen molar-refractivity contribution in [2.75, 3.05) is 5.32 Å². The van der Waals surface area contributed by atoms with E-state index in [1.165, 1.54) is 6.07 Å². The number of hydrogen-bond acceptors (Lipinski definition) is 2. The molecule has 0 spiro atoms. The first-order chi connectivity index (χ1) is 8.58. The summed E-state index contributed by atoms with van der Waals surface area (Å²) < 4.78 is 15.6. The van der Waals surface area contributed by atoms with Crippen LogP contribution >= 0.6 is 11.6 Å². The van der Waals surface area contributed by atoms with Gasteiger partial charge in [-0.15, -0.1) is 0 Å². The number of halogens is 2. The molecular formula is C13H15ClFN3. The second-order valence-corrected chi connectivity index (χ2v) is 4.93. The molecular weight excluding hydrogens is 253 g/mol. The van der Waals surface area contributed by atoms with Gasteiger partial charge in [0.15, 0.2) is 0 Å². The van der Waals surface area contributed by atoms with Gasteiger partial charge in [0.2, 0.25) is 5.95 Å². The van der Waals surface area contributed by atoms with Crippen molar-refractivity contribution in [1.29, 1.82) is 0 Å². The number of para-hydroxylation sites is 1. The van der Waals surface area contributed by atoms with E-state index in [1.807, 2.05) is 10.8 Å². The Kier molecular flexibility index (Phi) is 3.87. The highest BCUT2D eigenvalue weighted by atomic mass is 35.5. The van der Waals surface area contributed by atoms with Gasteiger partial charge in [0, 0.05) is 18.9 Å². The lowest BCUT2D eigenvalue weighted by Gasteiger charge is -2.13. The first-order valence-corrected chi connectivity index (χ1v) is 6.18. The second-order valence-electron chi connectivity index (χ2n) is 4.52. The van der Waals surface area contributed by atoms with E-state index < -0.39 is 0 Å². The third-order valence-corrected chi connectivity index (χ3v) is 2.79. The zero-order valence-corrected chi connectivity index (χ0v) is 11.1. The number of benzene rings is 1. The highest BCUT2D eigenvalue weighted by Gasteiger charge is 2.10. The van der Waals surface area contributed by atoms with Crippen LogP contribution in [-0.2, 0) is 6.54 Å². The summed E-state index contributed by atoms with van der Waals surface area (Å²) >= 11 is 5.96. The molecule has 0 fully saturated rings. The number of aromatic nitrogens is 2. The maximum atomic E-state index is 13.7. The molecule has 0 unspecified atom stereocenters. The van der Waals surface area contributed by atoms with Gasteiger partial charge in [0.05, 0.1) is 10.7 Å². The van der Waals surface area contributed by atoms with Crippen LogP contribution in [0.4, 0.5) is 16.0 Å². The van der Waals surface area contributed by atoms with Gasteiger partial charge >= 0.3 is 0 Å². The molecule has 0 amide bonds. The molecule has 1 heterocycles. The summed E-state index contributed by atoms with van der Waals surface area (Å²) in [4.78, 5) is 4.17. The topological polar surface area (TPSA) is 29.9 Å². The van der Waals surface area contributed by atoms with Crippen molar-refractivity contribution < 1.29 is 4.39 Å². The number of imidazole rings is 1. The quantitative estimate of drug-likeness (QED) is 0.905. The molecule has 3 nitrogen and oxygen atoms in total. The average molecular weight is 268 g/mol. The summed E-state index contributed by atoms with van der Waals surface area (Å²) in [5.74, 6) is 0.688. The smallest absolute Gasteiger partial charge is 0.207 e. The monoisotopic (exact) mass is 267 g/mol. The van der Waals surface area contributed by atoms with Gasteiger partial charge in [-0.05, 0) is 18.1 Å². The molecule has 0 aliphatic carbocycles. The molecule has 96 valence electrons. The van der Waals surface area contributed by atoms with Crippen LogP contribution in [0, 0.1) is 11.7 Å². The predicted octanol–water partition coefficient (Wildman–Crippen LogP) is 4.08. The summed E-state index contributed by atoms with van der Waals surface area (Å²) in [6.45, 7) is 5.04. The van der Waals surface area contributed by atoms with Crippen molar-refractivity contribution in [2.24, 2.45) is 5.92 Å². The fourth-order valence-electron chi connectivity index (χ4n) is 1.70. The molecule has 0 atom stereocenters. The Hall–Kier alpha value is -1.55. The van der Waals surface area contributed by atoms with Crippen LogP contribution in [-0.4, -0.2) is 9.55 Å². The molecule has 2 aromatic rings. The summed E-state index contributed by atoms with van der Waals surface area (Å²) in [7, 11) is 0. The lowest BCUT2D eigenvalue weighted by molar-refractivity contribution is 0.527. The van der Waals surface area contributed by atoms with Crippen LogP contribution in [0.15, 0.2) is 30.6 Å². The summed E-state index contributed by atoms with van der Waals surface area (Å²) in [5.41, 5.74) is 0.260. The highest BCUT2D eigenvalue weighted by Crippen LogP contribution is 2.27. The van der Waals surface area contributed by atoms with E-state index in [0.29, 0.717) is 16.9 Å². The van der Waals surface area contributed by atoms with Crippen LogP contribution < -0.4 is 5.32 Å². The molecule has 5 heteroatoms. The molecule has 1 N–H and O–H groups in total. The Morgan fingerprint density at radius 3 is 2.89 bits per heavy atom. The van der Waals surface area contributed by atoms with E-state index >= 15 is 0 Å². The van der Waals surface area contributed by atoms with E-state index in [2.05, 4.69) is 24.1 Å². The van der Waals surface area contributed by atoms with Crippen LogP contribution in [0.1, 0.15) is 13.8 Å². The lowest BCUT2D eigenvalue weighted by Crippen LogP contribution is -2.08. The number of nitrogens with one attached hydrogen (secondary N) is 1. The van der Waals surface area contributed by atoms with E-state index in [1.54, 1.807) is 18.3 Å². The normalized spacial score (nSPS) is 10.9. The maximum absolute atomic E-state index is 13.7. The standard InChI is InChI=1S/C13H15ClFN3/c1-9(2)8-18-7-6-16-13(18)17-12-10(14)4-3-5-11(12)15/h3-7,9H,8H2,1-2H3,(H,16,17). The number of hydrogen-bond donors (Lipinski definition) is 1. The summed E-state index contributed by atoms with van der Waals surface area (Å²) in [6, 6.07) is 4.58. The third-order valence-electron chi connectivity index (χ3n) is 2.48. The molecule has 0 aliphatic heterocycles. The number of rotatable bonds is 4. The first-order valence-electron chi connectivity index (χ1n) is 5.80. The number of nitrogens with zero attached hydrogens (tertiary/aromatic N) is 2. The zero-order chi connectivity index (χ0) is 13.1. The summed E-state index contributed by atoms with van der Waals surface area (Å²) in [6.07, 6.45) is 3.54. The first kappa shape index (κ1) is 12.9. The van der Waals surface area contributed by atoms with Gasteiger partial charge in [-0.3, -0.25) is 0 Å². The third kappa shape index (κ3) is 2.82. The molecule has 0 bridgehead atoms. The fourth-order valence-corrected chi connectivity index (χ4v) is 1.91. The SMILES string of the molecule is CC(C)Cn1ccnc1Nc1c(F)cccc1Cl. The van der Waals surface area contributed by atoms with Crippen molar-refractivity contribution in [3.63, 3.8) is 0 Å². The lowest BCUT2D eigenvalue weighted by atomic mass is 10.2. The highest BCUT2D eigenvalue weighted by molar-refractivity contribution is 6.33. The Bertz CT molecular complexity index is 517. The van der Waals surface area contributed by atoms with Crippen LogP contribution in [0.3, 0.4) is 0 Å². The van der Waals surface area contributed by atoms with Crippen molar-refractivity contribution in [1.82, 2.24) is 9.55 Å². The summed E-state index contributed by atoms with van der Waals surface area (Å²) in [5, 5.41) is 3.28. The molecule has 0 saturated heterocycles. The Labute approximate surface area is 111 Å². The van der Waals surface area contributed by atoms with Gasteiger partial charge in [0.1, 0.15) is 5.82 Å². The average Bonchev–Trinajstić information content (AvgIpc) is 2.70. The molecule has 0 radical (unpaired) electrons. The maximum Gasteiger partial charge on any atom is 0.207 e. The van der Waals surface area contributed by atoms with E-state index in [-0.39, 0.29) is 11.5 Å². The van der Waals surface area contributed by atoms with E-state index in [4.69, 9.17) is 11.6 Å². The van der Waals surface area contributed by atoms with Crippen molar-refractivity contribution in [3.05, 3.63) is 41.4 Å². The minimum atomic E-state index is -0.387. The minimum Gasteiger partial charge on any atom is -0.322 e. The van der Waals surface area contributed by atoms with Gasteiger partial charge in [-0.25, -0.2) is 9.37 Å². The van der Waals surface area contributed by atoms with Gasteiger partial charge in [-0.2, -0.15) is 0 Å². The van der Waals surface area contributed by atoms with Gasteiger partial charge in [0.25, 0.3) is 0 Å². The zero-order valence-electron chi connectivity index (χ0n) is 10.3. The van der Waals surface area contributed by atoms with Crippen LogP contribution in [0.25, 0.3) is 0 Å². The van der Waals surface area contributed by atoms with Crippen molar-refractivity contribution in [3.8, 4) is 0 Å². The minimum absolute atomic E-state index is 0.260. The molecule has 18 heavy (non-hydrogen) atoms. The molecule has 0 aliphatic rings. The largest absolute Gasteiger partial charge is 0.322 e. The van der Waals surface area contributed by atoms with E-state index in [9.17, 15) is 4.39 Å². The Morgan fingerprint density at radius 2 is 2.22 bits per heavy atom. The molecule has 0 saturated carbocycles. The molecule has 1 aromatic carbocycles. The van der Waals surface area contributed by atoms with Crippen molar-refractivity contribution >= 4 is 23.2 Å². The molecule has 1 aromatic heterocycles. The van der Waals surface area contributed by atoms with Gasteiger partial charge < -0.3 is 9.88 Å². The fraction of sp³-hybridized carbons (Fsp3) is 0.308. The Balaban J connectivity index is 2.26. The predicted molar refractivity (Wildman–Crippen MR) is 71.8 cm³/mol. The van der Waals surface area contributed by atoms with Crippen LogP contribution in [0.2, 0.25) is 5.02 Å². The molecule has 2 rings (SSSR count).